The third kappa shape index (κ3) is 4.35. The average Bonchev–Trinajstić information content (AvgIpc) is 2.62. The maximum Gasteiger partial charge on any atom is 0.255 e. The van der Waals surface area contributed by atoms with Crippen LogP contribution in [-0.2, 0) is 10.0 Å². The van der Waals surface area contributed by atoms with Crippen molar-refractivity contribution in [1.29, 1.82) is 0 Å². The molecule has 1 N–H and O–H groups in total. The highest BCUT2D eigenvalue weighted by atomic mass is 35.5. The molecule has 0 aliphatic rings. The fourth-order valence-corrected chi connectivity index (χ4v) is 4.15. The van der Waals surface area contributed by atoms with Crippen LogP contribution in [0, 0.1) is 0 Å². The summed E-state index contributed by atoms with van der Waals surface area (Å²) in [4.78, 5) is 12.5. The van der Waals surface area contributed by atoms with Crippen molar-refractivity contribution in [3.8, 4) is 5.75 Å². The maximum absolute atomic E-state index is 12.5. The Hall–Kier alpha value is -2.09. The number of hydrogen-bond acceptors (Lipinski definition) is 4. The van der Waals surface area contributed by atoms with Gasteiger partial charge in [-0.1, -0.05) is 25.4 Å². The van der Waals surface area contributed by atoms with E-state index < -0.39 is 10.0 Å². The molecular formula is C18H21ClN2O4S. The van der Waals surface area contributed by atoms with E-state index in [1.54, 1.807) is 38.1 Å². The van der Waals surface area contributed by atoms with E-state index in [9.17, 15) is 13.2 Å². The molecule has 0 fully saturated rings. The molecule has 0 aliphatic heterocycles. The molecule has 0 aliphatic carbocycles. The highest BCUT2D eigenvalue weighted by molar-refractivity contribution is 7.89. The molecule has 0 heterocycles. The fourth-order valence-electron chi connectivity index (χ4n) is 2.43. The van der Waals surface area contributed by atoms with Crippen molar-refractivity contribution < 1.29 is 17.9 Å². The topological polar surface area (TPSA) is 75.7 Å². The Labute approximate surface area is 158 Å². The van der Waals surface area contributed by atoms with Crippen LogP contribution in [0.5, 0.6) is 5.75 Å². The number of amides is 1. The number of nitrogens with one attached hydrogen (secondary N) is 1. The highest BCUT2D eigenvalue weighted by Crippen LogP contribution is 2.25. The zero-order chi connectivity index (χ0) is 19.3. The lowest BCUT2D eigenvalue weighted by Crippen LogP contribution is -2.30. The first-order valence-electron chi connectivity index (χ1n) is 8.08. The Morgan fingerprint density at radius 3 is 2.23 bits per heavy atom. The largest absolute Gasteiger partial charge is 0.495 e. The predicted molar refractivity (Wildman–Crippen MR) is 103 cm³/mol. The number of sulfonamides is 1. The quantitative estimate of drug-likeness (QED) is 0.775. The summed E-state index contributed by atoms with van der Waals surface area (Å²) in [6.45, 7) is 4.37. The molecule has 0 saturated heterocycles. The molecule has 0 aromatic heterocycles. The third-order valence-electron chi connectivity index (χ3n) is 3.87. The number of ether oxygens (including phenoxy) is 1. The standard InChI is InChI=1S/C18H21ClN2O4S/c1-4-21(5-2)26(23,24)15-9-7-14(8-10-15)20-18(22)13-6-11-17(25-3)16(19)12-13/h6-12H,4-5H2,1-3H3,(H,20,22). The minimum atomic E-state index is -3.52. The molecule has 140 valence electrons. The van der Waals surface area contributed by atoms with Gasteiger partial charge in [-0.3, -0.25) is 4.79 Å². The smallest absolute Gasteiger partial charge is 0.255 e. The molecule has 26 heavy (non-hydrogen) atoms. The van der Waals surface area contributed by atoms with Crippen LogP contribution in [0.25, 0.3) is 0 Å². The van der Waals surface area contributed by atoms with Gasteiger partial charge in [0.2, 0.25) is 10.0 Å². The van der Waals surface area contributed by atoms with Crippen molar-refractivity contribution >= 4 is 33.2 Å². The molecule has 2 aromatic carbocycles. The minimum Gasteiger partial charge on any atom is -0.495 e. The van der Waals surface area contributed by atoms with Crippen LogP contribution >= 0.6 is 11.6 Å². The first-order valence-corrected chi connectivity index (χ1v) is 9.90. The molecule has 8 heteroatoms. The van der Waals surface area contributed by atoms with Crippen molar-refractivity contribution in [2.45, 2.75) is 18.7 Å². The summed E-state index contributed by atoms with van der Waals surface area (Å²) in [5, 5.41) is 3.05. The Balaban J connectivity index is 2.16. The summed E-state index contributed by atoms with van der Waals surface area (Å²) in [5.41, 5.74) is 0.857. The number of carbonyl (C=O) groups excluding carboxylic acids is 1. The van der Waals surface area contributed by atoms with Gasteiger partial charge in [-0.2, -0.15) is 4.31 Å². The van der Waals surface area contributed by atoms with Gasteiger partial charge in [0.05, 0.1) is 17.0 Å². The minimum absolute atomic E-state index is 0.187. The Morgan fingerprint density at radius 1 is 1.12 bits per heavy atom. The maximum atomic E-state index is 12.5. The van der Waals surface area contributed by atoms with Gasteiger partial charge in [0.25, 0.3) is 5.91 Å². The van der Waals surface area contributed by atoms with E-state index in [4.69, 9.17) is 16.3 Å². The molecular weight excluding hydrogens is 376 g/mol. The van der Waals surface area contributed by atoms with Crippen molar-refractivity contribution in [1.82, 2.24) is 4.31 Å². The van der Waals surface area contributed by atoms with Crippen LogP contribution in [0.1, 0.15) is 24.2 Å². The molecule has 2 aromatic rings. The second-order valence-electron chi connectivity index (χ2n) is 5.42. The number of halogens is 1. The molecule has 1 amide bonds. The summed E-state index contributed by atoms with van der Waals surface area (Å²) in [6.07, 6.45) is 0. The summed E-state index contributed by atoms with van der Waals surface area (Å²) >= 11 is 6.03. The molecule has 0 bridgehead atoms. The first kappa shape index (κ1) is 20.2. The van der Waals surface area contributed by atoms with Crippen LogP contribution in [0.4, 0.5) is 5.69 Å². The molecule has 0 saturated carbocycles. The van der Waals surface area contributed by atoms with Crippen LogP contribution in [0.15, 0.2) is 47.4 Å². The lowest BCUT2D eigenvalue weighted by molar-refractivity contribution is 0.102. The molecule has 6 nitrogen and oxygen atoms in total. The van der Waals surface area contributed by atoms with Crippen LogP contribution < -0.4 is 10.1 Å². The summed E-state index contributed by atoms with van der Waals surface area (Å²) in [6, 6.07) is 10.8. The van der Waals surface area contributed by atoms with Gasteiger partial charge in [-0.25, -0.2) is 8.42 Å². The van der Waals surface area contributed by atoms with Crippen LogP contribution in [-0.4, -0.2) is 38.8 Å². The van der Waals surface area contributed by atoms with Crippen molar-refractivity contribution in [2.24, 2.45) is 0 Å². The van der Waals surface area contributed by atoms with Gasteiger partial charge in [0.15, 0.2) is 0 Å². The van der Waals surface area contributed by atoms with Crippen LogP contribution in [0.3, 0.4) is 0 Å². The number of anilines is 1. The number of rotatable bonds is 7. The molecule has 0 unspecified atom stereocenters. The first-order chi connectivity index (χ1) is 12.3. The summed E-state index contributed by atoms with van der Waals surface area (Å²) in [7, 11) is -2.03. The van der Waals surface area contributed by atoms with E-state index in [1.807, 2.05) is 0 Å². The normalized spacial score (nSPS) is 11.4. The van der Waals surface area contributed by atoms with Crippen molar-refractivity contribution in [3.05, 3.63) is 53.1 Å². The summed E-state index contributed by atoms with van der Waals surface area (Å²) in [5.74, 6) is 0.128. The van der Waals surface area contributed by atoms with E-state index in [2.05, 4.69) is 5.32 Å². The second kappa shape index (κ2) is 8.53. The number of methoxy groups -OCH3 is 1. The number of benzene rings is 2. The predicted octanol–water partition coefficient (Wildman–Crippen LogP) is 3.63. The molecule has 0 spiro atoms. The van der Waals surface area contributed by atoms with Gasteiger partial charge in [-0.05, 0) is 42.5 Å². The Kier molecular flexibility index (Phi) is 6.63. The number of carbonyl (C=O) groups is 1. The van der Waals surface area contributed by atoms with Crippen LogP contribution in [0.2, 0.25) is 5.02 Å². The third-order valence-corrected chi connectivity index (χ3v) is 6.23. The van der Waals surface area contributed by atoms with E-state index >= 15 is 0 Å². The van der Waals surface area contributed by atoms with E-state index in [1.165, 1.54) is 29.6 Å². The van der Waals surface area contributed by atoms with Gasteiger partial charge in [0.1, 0.15) is 5.75 Å². The van der Waals surface area contributed by atoms with E-state index in [0.29, 0.717) is 35.1 Å². The van der Waals surface area contributed by atoms with Crippen molar-refractivity contribution in [2.75, 3.05) is 25.5 Å². The SMILES string of the molecule is CCN(CC)S(=O)(=O)c1ccc(NC(=O)c2ccc(OC)c(Cl)c2)cc1. The highest BCUT2D eigenvalue weighted by Gasteiger charge is 2.21. The molecule has 0 atom stereocenters. The zero-order valence-electron chi connectivity index (χ0n) is 14.8. The van der Waals surface area contributed by atoms with Gasteiger partial charge in [0, 0.05) is 24.3 Å². The van der Waals surface area contributed by atoms with E-state index in [-0.39, 0.29) is 10.8 Å². The second-order valence-corrected chi connectivity index (χ2v) is 7.76. The monoisotopic (exact) mass is 396 g/mol. The molecule has 2 rings (SSSR count). The number of hydrogen-bond donors (Lipinski definition) is 1. The van der Waals surface area contributed by atoms with Crippen molar-refractivity contribution in [3.63, 3.8) is 0 Å². The van der Waals surface area contributed by atoms with Gasteiger partial charge >= 0.3 is 0 Å². The lowest BCUT2D eigenvalue weighted by Gasteiger charge is -2.18. The molecule has 0 radical (unpaired) electrons. The lowest BCUT2D eigenvalue weighted by atomic mass is 10.2. The average molecular weight is 397 g/mol. The van der Waals surface area contributed by atoms with E-state index in [0.717, 1.165) is 0 Å². The van der Waals surface area contributed by atoms with Gasteiger partial charge < -0.3 is 10.1 Å². The Bertz CT molecular complexity index is 879. The number of nitrogens with zero attached hydrogens (tertiary/aromatic N) is 1. The fraction of sp³-hybridized carbons (Fsp3) is 0.278. The van der Waals surface area contributed by atoms with Gasteiger partial charge in [-0.15, -0.1) is 0 Å². The summed E-state index contributed by atoms with van der Waals surface area (Å²) < 4.78 is 31.3. The zero-order valence-corrected chi connectivity index (χ0v) is 16.4. The Morgan fingerprint density at radius 2 is 1.73 bits per heavy atom.